The third-order valence-corrected chi connectivity index (χ3v) is 6.15. The highest BCUT2D eigenvalue weighted by molar-refractivity contribution is 5.98. The summed E-state index contributed by atoms with van der Waals surface area (Å²) in [4.78, 5) is 42.2. The quantitative estimate of drug-likeness (QED) is 0.406. The lowest BCUT2D eigenvalue weighted by Gasteiger charge is -2.34. The zero-order valence-electron chi connectivity index (χ0n) is 23.0. The highest BCUT2D eigenvalue weighted by atomic mass is 16.6. The van der Waals surface area contributed by atoms with E-state index >= 15 is 0 Å². The molecule has 1 amide bonds. The summed E-state index contributed by atoms with van der Waals surface area (Å²) < 4.78 is 34.6. The van der Waals surface area contributed by atoms with Crippen LogP contribution in [-0.2, 0) is 19.1 Å². The number of hydrogen-bond donors (Lipinski definition) is 1. The van der Waals surface area contributed by atoms with Gasteiger partial charge in [-0.3, -0.25) is 9.59 Å². The van der Waals surface area contributed by atoms with E-state index in [2.05, 4.69) is 10.3 Å². The van der Waals surface area contributed by atoms with Gasteiger partial charge in [-0.05, 0) is 31.2 Å². The van der Waals surface area contributed by atoms with Gasteiger partial charge in [0.25, 0.3) is 5.91 Å². The largest absolute Gasteiger partial charge is 0.493 e. The predicted molar refractivity (Wildman–Crippen MR) is 146 cm³/mol. The maximum Gasteiger partial charge on any atom is 0.329 e. The van der Waals surface area contributed by atoms with Gasteiger partial charge in [-0.1, -0.05) is 36.4 Å². The van der Waals surface area contributed by atoms with Crippen molar-refractivity contribution in [2.24, 2.45) is 0 Å². The van der Waals surface area contributed by atoms with Crippen LogP contribution in [0.4, 0.5) is 0 Å². The molecule has 41 heavy (non-hydrogen) atoms. The van der Waals surface area contributed by atoms with Crippen molar-refractivity contribution in [1.29, 1.82) is 0 Å². The highest BCUT2D eigenvalue weighted by Gasteiger charge is 2.37. The highest BCUT2D eigenvalue weighted by Crippen LogP contribution is 2.30. The summed E-state index contributed by atoms with van der Waals surface area (Å²) in [6.45, 7) is 3.11. The van der Waals surface area contributed by atoms with E-state index in [0.29, 0.717) is 11.5 Å². The zero-order valence-corrected chi connectivity index (χ0v) is 23.0. The first-order chi connectivity index (χ1) is 19.9. The number of carbonyl (C=O) groups is 3. The molecule has 11 nitrogen and oxygen atoms in total. The first-order valence-corrected chi connectivity index (χ1v) is 13.1. The molecule has 3 aromatic rings. The van der Waals surface area contributed by atoms with Gasteiger partial charge in [-0.15, -0.1) is 0 Å². The number of aromatic nitrogens is 1. The number of rotatable bonds is 8. The Labute approximate surface area is 237 Å². The van der Waals surface area contributed by atoms with E-state index in [1.54, 1.807) is 19.1 Å². The number of esters is 2. The van der Waals surface area contributed by atoms with E-state index in [-0.39, 0.29) is 36.8 Å². The standard InChI is InChI=1S/C30H32N2O9/c1-19-27(41-22-12-8-5-9-13-22)25(40-21-10-6-4-7-11-21)18-37-17-15-23(30(35)38-19)32-29(34)26-28(39-20(2)33)24(36-3)14-16-31-26/h4-14,16,19,23,25,27H,15,17-18H2,1-3H3,(H,32,34)/t19-,23-,25-,27-/m0/s1. The average Bonchev–Trinajstić information content (AvgIpc) is 2.97. The lowest BCUT2D eigenvalue weighted by Crippen LogP contribution is -2.52. The molecule has 1 aliphatic rings. The van der Waals surface area contributed by atoms with Gasteiger partial charge in [0.05, 0.1) is 13.7 Å². The van der Waals surface area contributed by atoms with Crippen molar-refractivity contribution in [2.45, 2.75) is 44.6 Å². The van der Waals surface area contributed by atoms with Crippen LogP contribution in [0.2, 0.25) is 0 Å². The van der Waals surface area contributed by atoms with Gasteiger partial charge < -0.3 is 33.7 Å². The van der Waals surface area contributed by atoms with Crippen LogP contribution in [0.15, 0.2) is 72.9 Å². The molecule has 4 rings (SSSR count). The summed E-state index contributed by atoms with van der Waals surface area (Å²) in [7, 11) is 1.37. The number of ether oxygens (including phenoxy) is 6. The molecule has 0 radical (unpaired) electrons. The number of nitrogens with zero attached hydrogens (tertiary/aromatic N) is 1. The van der Waals surface area contributed by atoms with Gasteiger partial charge in [0.2, 0.25) is 5.75 Å². The second-order valence-corrected chi connectivity index (χ2v) is 9.18. The minimum Gasteiger partial charge on any atom is -0.493 e. The second-order valence-electron chi connectivity index (χ2n) is 9.18. The van der Waals surface area contributed by atoms with Gasteiger partial charge in [-0.25, -0.2) is 9.78 Å². The predicted octanol–water partition coefficient (Wildman–Crippen LogP) is 3.36. The molecule has 2 aromatic carbocycles. The Bertz CT molecular complexity index is 1320. The number of cyclic esters (lactones) is 1. The first-order valence-electron chi connectivity index (χ1n) is 13.1. The fourth-order valence-corrected chi connectivity index (χ4v) is 4.20. The van der Waals surface area contributed by atoms with Gasteiger partial charge in [0, 0.05) is 32.2 Å². The number of amides is 1. The number of nitrogens with one attached hydrogen (secondary N) is 1. The van der Waals surface area contributed by atoms with Gasteiger partial charge in [0.15, 0.2) is 23.7 Å². The fourth-order valence-electron chi connectivity index (χ4n) is 4.20. The van der Waals surface area contributed by atoms with E-state index in [0.717, 1.165) is 0 Å². The third kappa shape index (κ3) is 7.95. The molecule has 1 aromatic heterocycles. The smallest absolute Gasteiger partial charge is 0.329 e. The van der Waals surface area contributed by atoms with Crippen molar-refractivity contribution in [1.82, 2.24) is 10.3 Å². The Hall–Kier alpha value is -4.64. The Morgan fingerprint density at radius 2 is 1.63 bits per heavy atom. The molecule has 216 valence electrons. The maximum absolute atomic E-state index is 13.3. The Morgan fingerprint density at radius 3 is 2.27 bits per heavy atom. The van der Waals surface area contributed by atoms with Crippen molar-refractivity contribution >= 4 is 17.8 Å². The molecular weight excluding hydrogens is 532 g/mol. The van der Waals surface area contributed by atoms with Crippen molar-refractivity contribution < 1.29 is 42.8 Å². The van der Waals surface area contributed by atoms with E-state index in [9.17, 15) is 14.4 Å². The first kappa shape index (κ1) is 29.3. The van der Waals surface area contributed by atoms with Crippen LogP contribution in [0.5, 0.6) is 23.0 Å². The van der Waals surface area contributed by atoms with Crippen LogP contribution >= 0.6 is 0 Å². The number of para-hydroxylation sites is 2. The molecule has 0 saturated carbocycles. The Balaban J connectivity index is 1.55. The molecular formula is C30H32N2O9. The summed E-state index contributed by atoms with van der Waals surface area (Å²) >= 11 is 0. The molecule has 1 fully saturated rings. The van der Waals surface area contributed by atoms with Crippen molar-refractivity contribution in [3.8, 4) is 23.0 Å². The fraction of sp³-hybridized carbons (Fsp3) is 0.333. The van der Waals surface area contributed by atoms with Gasteiger partial charge in [-0.2, -0.15) is 0 Å². The molecule has 0 aliphatic carbocycles. The van der Waals surface area contributed by atoms with Crippen molar-refractivity contribution in [3.05, 3.63) is 78.6 Å². The van der Waals surface area contributed by atoms with Crippen LogP contribution in [0.25, 0.3) is 0 Å². The van der Waals surface area contributed by atoms with Crippen LogP contribution in [0.1, 0.15) is 30.8 Å². The van der Waals surface area contributed by atoms with E-state index in [1.165, 1.54) is 26.3 Å². The van der Waals surface area contributed by atoms with Crippen molar-refractivity contribution in [2.75, 3.05) is 20.3 Å². The summed E-state index contributed by atoms with van der Waals surface area (Å²) in [5, 5.41) is 2.63. The topological polar surface area (TPSA) is 132 Å². The SMILES string of the molecule is COc1ccnc(C(=O)N[C@H]2CCOC[C@H](Oc3ccccc3)[C@@H](Oc3ccccc3)[C@H](C)OC2=O)c1OC(C)=O. The minimum absolute atomic E-state index is 0.101. The van der Waals surface area contributed by atoms with Gasteiger partial charge in [0.1, 0.15) is 23.6 Å². The maximum atomic E-state index is 13.3. The summed E-state index contributed by atoms with van der Waals surface area (Å²) in [5.74, 6) is -0.972. The van der Waals surface area contributed by atoms with Crippen LogP contribution in [-0.4, -0.2) is 67.5 Å². The molecule has 1 saturated heterocycles. The molecule has 1 N–H and O–H groups in total. The number of pyridine rings is 1. The number of benzene rings is 2. The molecule has 0 bridgehead atoms. The van der Waals surface area contributed by atoms with Crippen LogP contribution in [0.3, 0.4) is 0 Å². The van der Waals surface area contributed by atoms with Crippen LogP contribution < -0.4 is 24.3 Å². The average molecular weight is 565 g/mol. The monoisotopic (exact) mass is 564 g/mol. The minimum atomic E-state index is -1.09. The second kappa shape index (κ2) is 14.1. The molecule has 0 spiro atoms. The number of hydrogen-bond acceptors (Lipinski definition) is 10. The lowest BCUT2D eigenvalue weighted by atomic mass is 10.1. The Kier molecular flexibility index (Phi) is 10.1. The summed E-state index contributed by atoms with van der Waals surface area (Å²) in [5.41, 5.74) is -0.222. The van der Waals surface area contributed by atoms with Gasteiger partial charge >= 0.3 is 11.9 Å². The number of methoxy groups -OCH3 is 1. The molecule has 4 atom stereocenters. The van der Waals surface area contributed by atoms with Crippen molar-refractivity contribution in [3.63, 3.8) is 0 Å². The molecule has 0 unspecified atom stereocenters. The number of carbonyl (C=O) groups excluding carboxylic acids is 3. The molecule has 11 heteroatoms. The molecule has 2 heterocycles. The summed E-state index contributed by atoms with van der Waals surface area (Å²) in [6, 6.07) is 18.7. The van der Waals surface area contributed by atoms with E-state index in [1.807, 2.05) is 48.5 Å². The normalized spacial score (nSPS) is 21.1. The lowest BCUT2D eigenvalue weighted by molar-refractivity contribution is -0.162. The molecule has 1 aliphatic heterocycles. The Morgan fingerprint density at radius 1 is 0.976 bits per heavy atom. The summed E-state index contributed by atoms with van der Waals surface area (Å²) in [6.07, 6.45) is -0.753. The van der Waals surface area contributed by atoms with Crippen LogP contribution in [0, 0.1) is 0 Å². The van der Waals surface area contributed by atoms with E-state index in [4.69, 9.17) is 28.4 Å². The zero-order chi connectivity index (χ0) is 29.2. The third-order valence-electron chi connectivity index (χ3n) is 6.15. The van der Waals surface area contributed by atoms with E-state index < -0.39 is 42.2 Å².